The van der Waals surface area contributed by atoms with Crippen LogP contribution in [0, 0.1) is 0 Å². The standard InChI is InChI=1S/C17H19ClN2O/c1-12(2)14-6-4-13(5-7-14)11-20(3)17(21)15-8-9-16(18)19-10-15/h4-10,12H,11H2,1-3H3. The molecule has 1 aromatic heterocycles. The van der Waals surface area contributed by atoms with Gasteiger partial charge < -0.3 is 4.90 Å². The van der Waals surface area contributed by atoms with Gasteiger partial charge in [-0.15, -0.1) is 0 Å². The van der Waals surface area contributed by atoms with Crippen molar-refractivity contribution in [3.63, 3.8) is 0 Å². The summed E-state index contributed by atoms with van der Waals surface area (Å²) >= 11 is 5.73. The zero-order valence-corrected chi connectivity index (χ0v) is 13.3. The maximum Gasteiger partial charge on any atom is 0.255 e. The van der Waals surface area contributed by atoms with Crippen LogP contribution in [0.2, 0.25) is 5.15 Å². The lowest BCUT2D eigenvalue weighted by Gasteiger charge is -2.17. The van der Waals surface area contributed by atoms with E-state index in [0.29, 0.717) is 23.2 Å². The van der Waals surface area contributed by atoms with Gasteiger partial charge in [-0.1, -0.05) is 49.7 Å². The molecule has 0 fully saturated rings. The number of amides is 1. The first-order chi connectivity index (χ1) is 9.97. The molecule has 0 saturated heterocycles. The van der Waals surface area contributed by atoms with Crippen molar-refractivity contribution in [3.8, 4) is 0 Å². The molecular weight excluding hydrogens is 284 g/mol. The van der Waals surface area contributed by atoms with Crippen LogP contribution in [0.5, 0.6) is 0 Å². The van der Waals surface area contributed by atoms with Crippen LogP contribution in [0.15, 0.2) is 42.6 Å². The first-order valence-corrected chi connectivity index (χ1v) is 7.31. The zero-order valence-electron chi connectivity index (χ0n) is 12.5. The van der Waals surface area contributed by atoms with Gasteiger partial charge in [0.05, 0.1) is 5.56 Å². The molecule has 1 amide bonds. The van der Waals surface area contributed by atoms with E-state index in [0.717, 1.165) is 5.56 Å². The number of benzene rings is 1. The molecule has 0 atom stereocenters. The number of pyridine rings is 1. The molecule has 0 aliphatic carbocycles. The summed E-state index contributed by atoms with van der Waals surface area (Å²) in [5.74, 6) is 0.450. The van der Waals surface area contributed by atoms with Gasteiger partial charge in [-0.25, -0.2) is 4.98 Å². The fourth-order valence-corrected chi connectivity index (χ4v) is 2.19. The van der Waals surface area contributed by atoms with Crippen molar-refractivity contribution in [2.75, 3.05) is 7.05 Å². The monoisotopic (exact) mass is 302 g/mol. The normalized spacial score (nSPS) is 10.7. The number of nitrogens with zero attached hydrogens (tertiary/aromatic N) is 2. The summed E-state index contributed by atoms with van der Waals surface area (Å²) in [6.07, 6.45) is 1.50. The van der Waals surface area contributed by atoms with Crippen LogP contribution >= 0.6 is 11.6 Å². The minimum absolute atomic E-state index is 0.0629. The second-order valence-corrected chi connectivity index (χ2v) is 5.81. The van der Waals surface area contributed by atoms with Gasteiger partial charge in [0.25, 0.3) is 5.91 Å². The summed E-state index contributed by atoms with van der Waals surface area (Å²) in [4.78, 5) is 17.9. The first kappa shape index (κ1) is 15.5. The van der Waals surface area contributed by atoms with Gasteiger partial charge in [0.1, 0.15) is 5.15 Å². The lowest BCUT2D eigenvalue weighted by molar-refractivity contribution is 0.0784. The van der Waals surface area contributed by atoms with E-state index in [2.05, 4.69) is 43.1 Å². The maximum atomic E-state index is 12.3. The fourth-order valence-electron chi connectivity index (χ4n) is 2.08. The molecule has 1 aromatic carbocycles. The van der Waals surface area contributed by atoms with Crippen molar-refractivity contribution in [3.05, 3.63) is 64.4 Å². The quantitative estimate of drug-likeness (QED) is 0.796. The van der Waals surface area contributed by atoms with E-state index >= 15 is 0 Å². The molecule has 1 heterocycles. The average Bonchev–Trinajstić information content (AvgIpc) is 2.47. The molecule has 0 aliphatic heterocycles. The molecule has 3 nitrogen and oxygen atoms in total. The van der Waals surface area contributed by atoms with Crippen molar-refractivity contribution in [2.45, 2.75) is 26.3 Å². The Labute approximate surface area is 130 Å². The molecule has 4 heteroatoms. The maximum absolute atomic E-state index is 12.3. The van der Waals surface area contributed by atoms with Crippen molar-refractivity contribution in [2.24, 2.45) is 0 Å². The minimum atomic E-state index is -0.0629. The van der Waals surface area contributed by atoms with E-state index in [9.17, 15) is 4.79 Å². The Hall–Kier alpha value is -1.87. The number of aromatic nitrogens is 1. The molecular formula is C17H19ClN2O. The van der Waals surface area contributed by atoms with Crippen LogP contribution in [0.3, 0.4) is 0 Å². The van der Waals surface area contributed by atoms with Gasteiger partial charge in [0.2, 0.25) is 0 Å². The second kappa shape index (κ2) is 6.72. The predicted octanol–water partition coefficient (Wildman–Crippen LogP) is 4.13. The molecule has 2 aromatic rings. The number of rotatable bonds is 4. The fraction of sp³-hybridized carbons (Fsp3) is 0.294. The van der Waals surface area contributed by atoms with E-state index in [-0.39, 0.29) is 5.91 Å². The highest BCUT2D eigenvalue weighted by molar-refractivity contribution is 6.29. The Morgan fingerprint density at radius 1 is 1.19 bits per heavy atom. The van der Waals surface area contributed by atoms with Crippen LogP contribution in [0.4, 0.5) is 0 Å². The van der Waals surface area contributed by atoms with E-state index < -0.39 is 0 Å². The third kappa shape index (κ3) is 4.05. The Morgan fingerprint density at radius 2 is 1.86 bits per heavy atom. The topological polar surface area (TPSA) is 33.2 Å². The average molecular weight is 303 g/mol. The van der Waals surface area contributed by atoms with E-state index in [1.54, 1.807) is 24.1 Å². The Bertz CT molecular complexity index is 606. The summed E-state index contributed by atoms with van der Waals surface area (Å²) in [5, 5.41) is 0.387. The largest absolute Gasteiger partial charge is 0.337 e. The number of carbonyl (C=O) groups is 1. The number of halogens is 1. The van der Waals surface area contributed by atoms with Gasteiger partial charge >= 0.3 is 0 Å². The van der Waals surface area contributed by atoms with E-state index in [4.69, 9.17) is 11.6 Å². The third-order valence-electron chi connectivity index (χ3n) is 3.39. The van der Waals surface area contributed by atoms with E-state index in [1.807, 2.05) is 0 Å². The Kier molecular flexibility index (Phi) is 4.97. The zero-order chi connectivity index (χ0) is 15.4. The molecule has 0 radical (unpaired) electrons. The van der Waals surface area contributed by atoms with Crippen molar-refractivity contribution in [1.29, 1.82) is 0 Å². The summed E-state index contributed by atoms with van der Waals surface area (Å²) in [6, 6.07) is 11.7. The minimum Gasteiger partial charge on any atom is -0.337 e. The lowest BCUT2D eigenvalue weighted by Crippen LogP contribution is -2.26. The molecule has 110 valence electrons. The van der Waals surface area contributed by atoms with Gasteiger partial charge in [-0.05, 0) is 29.2 Å². The van der Waals surface area contributed by atoms with Crippen LogP contribution < -0.4 is 0 Å². The molecule has 21 heavy (non-hydrogen) atoms. The number of carbonyl (C=O) groups excluding carboxylic acids is 1. The molecule has 0 aliphatic rings. The third-order valence-corrected chi connectivity index (χ3v) is 3.61. The summed E-state index contributed by atoms with van der Waals surface area (Å²) < 4.78 is 0. The smallest absolute Gasteiger partial charge is 0.255 e. The second-order valence-electron chi connectivity index (χ2n) is 5.43. The summed E-state index contributed by atoms with van der Waals surface area (Å²) in [7, 11) is 1.79. The molecule has 0 unspecified atom stereocenters. The Morgan fingerprint density at radius 3 is 2.38 bits per heavy atom. The SMILES string of the molecule is CC(C)c1ccc(CN(C)C(=O)c2ccc(Cl)nc2)cc1. The van der Waals surface area contributed by atoms with Gasteiger partial charge in [0.15, 0.2) is 0 Å². The molecule has 0 bridgehead atoms. The molecule has 0 saturated carbocycles. The highest BCUT2D eigenvalue weighted by Gasteiger charge is 2.12. The summed E-state index contributed by atoms with van der Waals surface area (Å²) in [5.41, 5.74) is 2.95. The lowest BCUT2D eigenvalue weighted by atomic mass is 10.0. The Balaban J connectivity index is 2.05. The van der Waals surface area contributed by atoms with Crippen LogP contribution in [-0.4, -0.2) is 22.8 Å². The van der Waals surface area contributed by atoms with Crippen molar-refractivity contribution < 1.29 is 4.79 Å². The van der Waals surface area contributed by atoms with Crippen LogP contribution in [-0.2, 0) is 6.54 Å². The van der Waals surface area contributed by atoms with Crippen LogP contribution in [0.1, 0.15) is 41.3 Å². The van der Waals surface area contributed by atoms with Crippen LogP contribution in [0.25, 0.3) is 0 Å². The number of hydrogen-bond donors (Lipinski definition) is 0. The summed E-state index contributed by atoms with van der Waals surface area (Å²) in [6.45, 7) is 4.90. The van der Waals surface area contributed by atoms with Crippen molar-refractivity contribution in [1.82, 2.24) is 9.88 Å². The van der Waals surface area contributed by atoms with Crippen molar-refractivity contribution >= 4 is 17.5 Å². The van der Waals surface area contributed by atoms with Gasteiger partial charge in [-0.3, -0.25) is 4.79 Å². The number of hydrogen-bond acceptors (Lipinski definition) is 2. The predicted molar refractivity (Wildman–Crippen MR) is 85.6 cm³/mol. The highest BCUT2D eigenvalue weighted by atomic mass is 35.5. The van der Waals surface area contributed by atoms with Gasteiger partial charge in [-0.2, -0.15) is 0 Å². The molecule has 0 spiro atoms. The first-order valence-electron chi connectivity index (χ1n) is 6.93. The molecule has 0 N–H and O–H groups in total. The highest BCUT2D eigenvalue weighted by Crippen LogP contribution is 2.16. The molecule has 2 rings (SSSR count). The van der Waals surface area contributed by atoms with E-state index in [1.165, 1.54) is 11.8 Å². The van der Waals surface area contributed by atoms with Gasteiger partial charge in [0, 0.05) is 19.8 Å².